The molecule has 0 amide bonds. The maximum Gasteiger partial charge on any atom is 0.0466 e. The molecule has 0 aliphatic rings. The Bertz CT molecular complexity index is 384. The molecule has 0 bridgehead atoms. The van der Waals surface area contributed by atoms with Gasteiger partial charge in [-0.15, -0.1) is 0 Å². The molecule has 1 aromatic carbocycles. The zero-order valence-electron chi connectivity index (χ0n) is 7.37. The molecule has 1 aromatic heterocycles. The summed E-state index contributed by atoms with van der Waals surface area (Å²) < 4.78 is 2.04. The lowest BCUT2D eigenvalue weighted by atomic mass is 10.2. The molecular formula is C11H10ClN. The van der Waals surface area contributed by atoms with E-state index in [0.29, 0.717) is 0 Å². The first-order chi connectivity index (χ1) is 6.25. The second-order valence-electron chi connectivity index (χ2n) is 3.08. The topological polar surface area (TPSA) is 4.93 Å². The van der Waals surface area contributed by atoms with Gasteiger partial charge in [-0.05, 0) is 42.8 Å². The van der Waals surface area contributed by atoms with Crippen molar-refractivity contribution in [3.8, 4) is 5.69 Å². The van der Waals surface area contributed by atoms with Crippen molar-refractivity contribution in [2.75, 3.05) is 0 Å². The maximum atomic E-state index is 5.95. The van der Waals surface area contributed by atoms with E-state index < -0.39 is 0 Å². The fourth-order valence-electron chi connectivity index (χ4n) is 1.37. The molecule has 0 fully saturated rings. The molecule has 0 radical (unpaired) electrons. The highest BCUT2D eigenvalue weighted by Crippen LogP contribution is 2.17. The van der Waals surface area contributed by atoms with Crippen molar-refractivity contribution in [2.24, 2.45) is 0 Å². The van der Waals surface area contributed by atoms with Crippen LogP contribution in [0.4, 0.5) is 0 Å². The van der Waals surface area contributed by atoms with Gasteiger partial charge in [0.2, 0.25) is 0 Å². The van der Waals surface area contributed by atoms with Crippen LogP contribution >= 0.6 is 11.6 Å². The van der Waals surface area contributed by atoms with E-state index >= 15 is 0 Å². The molecule has 0 saturated carbocycles. The molecule has 2 aromatic rings. The second-order valence-corrected chi connectivity index (χ2v) is 3.51. The van der Waals surface area contributed by atoms with Crippen molar-refractivity contribution in [3.05, 3.63) is 53.3 Å². The molecule has 0 unspecified atom stereocenters. The van der Waals surface area contributed by atoms with Crippen LogP contribution in [-0.4, -0.2) is 4.57 Å². The summed E-state index contributed by atoms with van der Waals surface area (Å²) in [7, 11) is 0. The minimum atomic E-state index is 0.781. The molecule has 13 heavy (non-hydrogen) atoms. The first-order valence-corrected chi connectivity index (χ1v) is 4.54. The van der Waals surface area contributed by atoms with Crippen molar-refractivity contribution >= 4 is 11.6 Å². The Morgan fingerprint density at radius 1 is 1.08 bits per heavy atom. The van der Waals surface area contributed by atoms with E-state index in [9.17, 15) is 0 Å². The van der Waals surface area contributed by atoms with E-state index in [1.165, 1.54) is 5.56 Å². The first kappa shape index (κ1) is 8.39. The number of rotatable bonds is 1. The summed E-state index contributed by atoms with van der Waals surface area (Å²) in [4.78, 5) is 0. The number of aryl methyl sites for hydroxylation is 1. The van der Waals surface area contributed by atoms with Gasteiger partial charge in [-0.1, -0.05) is 11.6 Å². The van der Waals surface area contributed by atoms with Crippen LogP contribution in [0.25, 0.3) is 5.69 Å². The van der Waals surface area contributed by atoms with Gasteiger partial charge < -0.3 is 4.57 Å². The Morgan fingerprint density at radius 2 is 1.77 bits per heavy atom. The summed E-state index contributed by atoms with van der Waals surface area (Å²) in [6, 6.07) is 10.0. The smallest absolute Gasteiger partial charge is 0.0466 e. The monoisotopic (exact) mass is 191 g/mol. The Labute approximate surface area is 82.6 Å². The van der Waals surface area contributed by atoms with E-state index in [4.69, 9.17) is 11.6 Å². The Kier molecular flexibility index (Phi) is 2.11. The molecule has 1 nitrogen and oxygen atoms in total. The number of halogens is 1. The predicted octanol–water partition coefficient (Wildman–Crippen LogP) is 3.44. The molecule has 0 spiro atoms. The third-order valence-corrected chi connectivity index (χ3v) is 2.15. The summed E-state index contributed by atoms with van der Waals surface area (Å²) in [5, 5.41) is 0.781. The SMILES string of the molecule is Cc1cc(Cl)cc(-n2cccc2)c1. The van der Waals surface area contributed by atoms with Crippen molar-refractivity contribution in [2.45, 2.75) is 6.92 Å². The van der Waals surface area contributed by atoms with Crippen LogP contribution in [0.1, 0.15) is 5.56 Å². The van der Waals surface area contributed by atoms with Crippen molar-refractivity contribution in [1.29, 1.82) is 0 Å². The number of hydrogen-bond acceptors (Lipinski definition) is 0. The van der Waals surface area contributed by atoms with E-state index in [1.54, 1.807) is 0 Å². The highest BCUT2D eigenvalue weighted by Gasteiger charge is 1.97. The van der Waals surface area contributed by atoms with E-state index in [0.717, 1.165) is 10.7 Å². The summed E-state index contributed by atoms with van der Waals surface area (Å²) in [5.41, 5.74) is 2.28. The van der Waals surface area contributed by atoms with E-state index in [1.807, 2.05) is 48.1 Å². The molecule has 0 saturated heterocycles. The molecule has 0 N–H and O–H groups in total. The minimum Gasteiger partial charge on any atom is -0.324 e. The van der Waals surface area contributed by atoms with Crippen LogP contribution in [0.5, 0.6) is 0 Å². The average molecular weight is 192 g/mol. The molecule has 2 heteroatoms. The Hall–Kier alpha value is -1.21. The van der Waals surface area contributed by atoms with Crippen LogP contribution < -0.4 is 0 Å². The molecule has 0 aliphatic heterocycles. The van der Waals surface area contributed by atoms with Gasteiger partial charge in [0.25, 0.3) is 0 Å². The number of nitrogens with zero attached hydrogens (tertiary/aromatic N) is 1. The van der Waals surface area contributed by atoms with E-state index in [-0.39, 0.29) is 0 Å². The fraction of sp³-hybridized carbons (Fsp3) is 0.0909. The lowest BCUT2D eigenvalue weighted by molar-refractivity contribution is 1.08. The van der Waals surface area contributed by atoms with Gasteiger partial charge in [-0.2, -0.15) is 0 Å². The van der Waals surface area contributed by atoms with Crippen LogP contribution in [0.15, 0.2) is 42.7 Å². The number of aromatic nitrogens is 1. The van der Waals surface area contributed by atoms with Crippen LogP contribution in [-0.2, 0) is 0 Å². The van der Waals surface area contributed by atoms with Gasteiger partial charge in [-0.3, -0.25) is 0 Å². The zero-order chi connectivity index (χ0) is 9.26. The fourth-order valence-corrected chi connectivity index (χ4v) is 1.66. The number of benzene rings is 1. The van der Waals surface area contributed by atoms with Crippen molar-refractivity contribution in [1.82, 2.24) is 4.57 Å². The molecule has 2 rings (SSSR count). The number of hydrogen-bond donors (Lipinski definition) is 0. The summed E-state index contributed by atoms with van der Waals surface area (Å²) in [5.74, 6) is 0. The summed E-state index contributed by atoms with van der Waals surface area (Å²) in [6.45, 7) is 2.04. The van der Waals surface area contributed by atoms with Gasteiger partial charge in [0.1, 0.15) is 0 Å². The standard InChI is InChI=1S/C11H10ClN/c1-9-6-10(12)8-11(7-9)13-4-2-3-5-13/h2-8H,1H3. The Morgan fingerprint density at radius 3 is 2.38 bits per heavy atom. The van der Waals surface area contributed by atoms with Gasteiger partial charge >= 0.3 is 0 Å². The molecule has 0 atom stereocenters. The molecule has 0 aliphatic carbocycles. The summed E-state index contributed by atoms with van der Waals surface area (Å²) >= 11 is 5.95. The first-order valence-electron chi connectivity index (χ1n) is 4.16. The van der Waals surface area contributed by atoms with E-state index in [2.05, 4.69) is 6.07 Å². The minimum absolute atomic E-state index is 0.781. The molecule has 1 heterocycles. The third-order valence-electron chi connectivity index (χ3n) is 1.93. The normalized spacial score (nSPS) is 10.3. The summed E-state index contributed by atoms with van der Waals surface area (Å²) in [6.07, 6.45) is 4.01. The Balaban J connectivity index is 2.53. The maximum absolute atomic E-state index is 5.95. The van der Waals surface area contributed by atoms with Gasteiger partial charge in [0.05, 0.1) is 0 Å². The molecular weight excluding hydrogens is 182 g/mol. The average Bonchev–Trinajstić information content (AvgIpc) is 2.53. The zero-order valence-corrected chi connectivity index (χ0v) is 8.12. The second kappa shape index (κ2) is 3.27. The van der Waals surface area contributed by atoms with Gasteiger partial charge in [0, 0.05) is 23.1 Å². The van der Waals surface area contributed by atoms with Crippen LogP contribution in [0.3, 0.4) is 0 Å². The van der Waals surface area contributed by atoms with Crippen molar-refractivity contribution < 1.29 is 0 Å². The molecule has 66 valence electrons. The predicted molar refractivity (Wildman–Crippen MR) is 55.5 cm³/mol. The quantitative estimate of drug-likeness (QED) is 0.651. The van der Waals surface area contributed by atoms with Gasteiger partial charge in [0.15, 0.2) is 0 Å². The third kappa shape index (κ3) is 1.76. The van der Waals surface area contributed by atoms with Gasteiger partial charge in [-0.25, -0.2) is 0 Å². The highest BCUT2D eigenvalue weighted by atomic mass is 35.5. The lowest BCUT2D eigenvalue weighted by Gasteiger charge is -2.04. The highest BCUT2D eigenvalue weighted by molar-refractivity contribution is 6.30. The largest absolute Gasteiger partial charge is 0.324 e. The lowest BCUT2D eigenvalue weighted by Crippen LogP contribution is -1.89. The van der Waals surface area contributed by atoms with Crippen LogP contribution in [0, 0.1) is 6.92 Å². The van der Waals surface area contributed by atoms with Crippen LogP contribution in [0.2, 0.25) is 5.02 Å². The van der Waals surface area contributed by atoms with Crippen molar-refractivity contribution in [3.63, 3.8) is 0 Å².